The molecule has 1 aromatic rings. The molecular formula is C18H23N3O4. The van der Waals surface area contributed by atoms with Crippen molar-refractivity contribution in [2.75, 3.05) is 40.5 Å². The molecule has 0 fully saturated rings. The van der Waals surface area contributed by atoms with E-state index in [0.717, 1.165) is 17.0 Å². The van der Waals surface area contributed by atoms with Crippen molar-refractivity contribution in [2.24, 2.45) is 0 Å². The second-order valence-electron chi connectivity index (χ2n) is 6.02. The van der Waals surface area contributed by atoms with Crippen LogP contribution in [-0.2, 0) is 9.53 Å². The van der Waals surface area contributed by atoms with Crippen molar-refractivity contribution >= 4 is 11.9 Å². The molecule has 0 saturated heterocycles. The summed E-state index contributed by atoms with van der Waals surface area (Å²) < 4.78 is 10.5. The minimum Gasteiger partial charge on any atom is -0.494 e. The summed E-state index contributed by atoms with van der Waals surface area (Å²) in [6.45, 7) is 3.90. The summed E-state index contributed by atoms with van der Waals surface area (Å²) in [5.41, 5.74) is 2.24. The van der Waals surface area contributed by atoms with Gasteiger partial charge in [-0.25, -0.2) is 4.79 Å². The number of hydrogen-bond acceptors (Lipinski definition) is 4. The lowest BCUT2D eigenvalue weighted by Crippen LogP contribution is -2.45. The number of benzene rings is 1. The largest absolute Gasteiger partial charge is 0.494 e. The highest BCUT2D eigenvalue weighted by Crippen LogP contribution is 2.35. The monoisotopic (exact) mass is 345 g/mol. The maximum atomic E-state index is 12.9. The van der Waals surface area contributed by atoms with Gasteiger partial charge in [0, 0.05) is 20.7 Å². The van der Waals surface area contributed by atoms with E-state index >= 15 is 0 Å². The van der Waals surface area contributed by atoms with E-state index in [2.05, 4.69) is 5.32 Å². The van der Waals surface area contributed by atoms with Crippen molar-refractivity contribution in [1.82, 2.24) is 15.1 Å². The molecule has 7 heteroatoms. The van der Waals surface area contributed by atoms with Crippen LogP contribution >= 0.6 is 0 Å². The van der Waals surface area contributed by atoms with Gasteiger partial charge in [0.1, 0.15) is 5.75 Å². The number of urea groups is 1. The summed E-state index contributed by atoms with van der Waals surface area (Å²) in [5.74, 6) is 0.706. The Morgan fingerprint density at radius 1 is 1.24 bits per heavy atom. The maximum Gasteiger partial charge on any atom is 0.322 e. The van der Waals surface area contributed by atoms with Crippen LogP contribution in [0.4, 0.5) is 4.79 Å². The fraction of sp³-hybridized carbons (Fsp3) is 0.444. The summed E-state index contributed by atoms with van der Waals surface area (Å²) in [5, 5.41) is 2.92. The minimum absolute atomic E-state index is 0.0576. The van der Waals surface area contributed by atoms with Gasteiger partial charge in [0.05, 0.1) is 37.1 Å². The zero-order chi connectivity index (χ0) is 18.0. The summed E-state index contributed by atoms with van der Waals surface area (Å²) in [7, 11) is 3.29. The van der Waals surface area contributed by atoms with Crippen LogP contribution < -0.4 is 10.1 Å². The Balaban J connectivity index is 1.91. The first-order chi connectivity index (χ1) is 12.1. The van der Waals surface area contributed by atoms with Gasteiger partial charge in [-0.3, -0.25) is 9.69 Å². The van der Waals surface area contributed by atoms with Gasteiger partial charge >= 0.3 is 6.03 Å². The van der Waals surface area contributed by atoms with Gasteiger partial charge in [0.15, 0.2) is 0 Å². The number of carbonyl (C=O) groups is 2. The molecular weight excluding hydrogens is 322 g/mol. The van der Waals surface area contributed by atoms with E-state index in [4.69, 9.17) is 9.47 Å². The number of hydrogen-bond donors (Lipinski definition) is 1. The van der Waals surface area contributed by atoms with Crippen LogP contribution in [-0.4, -0.2) is 62.2 Å². The third kappa shape index (κ3) is 3.19. The van der Waals surface area contributed by atoms with Crippen molar-refractivity contribution in [3.63, 3.8) is 0 Å². The Hall–Kier alpha value is -2.54. The standard InChI is InChI=1S/C18H23N3O4/c1-4-25-13-7-5-12(6-8-13)16-15-14(20(2)18(23)19-16)11-21(17(15)22)9-10-24-3/h5-8,16H,4,9-11H2,1-3H3,(H,19,23). The van der Waals surface area contributed by atoms with Gasteiger partial charge in [-0.15, -0.1) is 0 Å². The van der Waals surface area contributed by atoms with Gasteiger partial charge in [-0.1, -0.05) is 12.1 Å². The smallest absolute Gasteiger partial charge is 0.322 e. The van der Waals surface area contributed by atoms with E-state index in [0.29, 0.717) is 31.9 Å². The molecule has 0 aromatic heterocycles. The van der Waals surface area contributed by atoms with Crippen LogP contribution in [0.25, 0.3) is 0 Å². The van der Waals surface area contributed by atoms with Crippen LogP contribution in [0.2, 0.25) is 0 Å². The predicted molar refractivity (Wildman–Crippen MR) is 92.1 cm³/mol. The number of nitrogens with one attached hydrogen (secondary N) is 1. The molecule has 0 radical (unpaired) electrons. The molecule has 2 aliphatic heterocycles. The lowest BCUT2D eigenvalue weighted by atomic mass is 9.95. The van der Waals surface area contributed by atoms with Crippen molar-refractivity contribution < 1.29 is 19.1 Å². The van der Waals surface area contributed by atoms with Gasteiger partial charge < -0.3 is 19.7 Å². The van der Waals surface area contributed by atoms with Crippen LogP contribution in [0.3, 0.4) is 0 Å². The molecule has 1 N–H and O–H groups in total. The number of nitrogens with zero attached hydrogens (tertiary/aromatic N) is 2. The Morgan fingerprint density at radius 3 is 2.60 bits per heavy atom. The maximum absolute atomic E-state index is 12.9. The molecule has 1 atom stereocenters. The van der Waals surface area contributed by atoms with Crippen molar-refractivity contribution in [1.29, 1.82) is 0 Å². The second kappa shape index (κ2) is 7.14. The molecule has 2 aliphatic rings. The summed E-state index contributed by atoms with van der Waals surface area (Å²) in [6, 6.07) is 6.82. The van der Waals surface area contributed by atoms with Gasteiger partial charge in [0.25, 0.3) is 5.91 Å². The molecule has 0 aliphatic carbocycles. The Bertz CT molecular complexity index is 699. The molecule has 3 amide bonds. The second-order valence-corrected chi connectivity index (χ2v) is 6.02. The third-order valence-electron chi connectivity index (χ3n) is 4.52. The lowest BCUT2D eigenvalue weighted by Gasteiger charge is -2.31. The van der Waals surface area contributed by atoms with Crippen LogP contribution in [0.5, 0.6) is 5.75 Å². The summed E-state index contributed by atoms with van der Waals surface area (Å²) in [4.78, 5) is 28.4. The van der Waals surface area contributed by atoms with Crippen molar-refractivity contribution in [2.45, 2.75) is 13.0 Å². The molecule has 134 valence electrons. The fourth-order valence-electron chi connectivity index (χ4n) is 3.18. The number of amides is 3. The van der Waals surface area contributed by atoms with Crippen molar-refractivity contribution in [3.05, 3.63) is 41.1 Å². The number of methoxy groups -OCH3 is 1. The summed E-state index contributed by atoms with van der Waals surface area (Å²) in [6.07, 6.45) is 0. The molecule has 25 heavy (non-hydrogen) atoms. The molecule has 1 aromatic carbocycles. The molecule has 2 heterocycles. The van der Waals surface area contributed by atoms with Gasteiger partial charge in [-0.2, -0.15) is 0 Å². The van der Waals surface area contributed by atoms with Gasteiger partial charge in [-0.05, 0) is 24.6 Å². The minimum atomic E-state index is -0.450. The molecule has 0 spiro atoms. The van der Waals surface area contributed by atoms with Crippen LogP contribution in [0, 0.1) is 0 Å². The highest BCUT2D eigenvalue weighted by Gasteiger charge is 2.42. The van der Waals surface area contributed by atoms with Gasteiger partial charge in [0.2, 0.25) is 0 Å². The number of rotatable bonds is 6. The Kier molecular flexibility index (Phi) is 4.94. The average molecular weight is 345 g/mol. The SMILES string of the molecule is CCOc1ccc(C2NC(=O)N(C)C3=C2C(=O)N(CCOC)C3)cc1. The topological polar surface area (TPSA) is 71.1 Å². The first kappa shape index (κ1) is 17.3. The quantitative estimate of drug-likeness (QED) is 0.849. The van der Waals surface area contributed by atoms with Crippen LogP contribution in [0.1, 0.15) is 18.5 Å². The Labute approximate surface area is 147 Å². The van der Waals surface area contributed by atoms with Crippen molar-refractivity contribution in [3.8, 4) is 5.75 Å². The molecule has 0 bridgehead atoms. The highest BCUT2D eigenvalue weighted by atomic mass is 16.5. The third-order valence-corrected chi connectivity index (χ3v) is 4.52. The van der Waals surface area contributed by atoms with E-state index in [-0.39, 0.29) is 11.9 Å². The van der Waals surface area contributed by atoms with Crippen LogP contribution in [0.15, 0.2) is 35.5 Å². The predicted octanol–water partition coefficient (Wildman–Crippen LogP) is 1.52. The highest BCUT2D eigenvalue weighted by molar-refractivity contribution is 6.01. The molecule has 0 saturated carbocycles. The Morgan fingerprint density at radius 2 is 1.96 bits per heavy atom. The number of likely N-dealkylation sites (N-methyl/N-ethyl adjacent to an activating group) is 1. The number of carbonyl (C=O) groups excluding carboxylic acids is 2. The molecule has 7 nitrogen and oxygen atoms in total. The van der Waals surface area contributed by atoms with E-state index in [9.17, 15) is 9.59 Å². The normalized spacial score (nSPS) is 20.0. The zero-order valence-corrected chi connectivity index (χ0v) is 14.7. The van der Waals surface area contributed by atoms with E-state index in [1.807, 2.05) is 31.2 Å². The van der Waals surface area contributed by atoms with E-state index < -0.39 is 6.04 Å². The lowest BCUT2D eigenvalue weighted by molar-refractivity contribution is -0.126. The summed E-state index contributed by atoms with van der Waals surface area (Å²) >= 11 is 0. The van der Waals surface area contributed by atoms with E-state index in [1.165, 1.54) is 4.90 Å². The number of ether oxygens (including phenoxy) is 2. The average Bonchev–Trinajstić information content (AvgIpc) is 2.94. The first-order valence-electron chi connectivity index (χ1n) is 8.35. The van der Waals surface area contributed by atoms with E-state index in [1.54, 1.807) is 19.1 Å². The zero-order valence-electron chi connectivity index (χ0n) is 14.7. The molecule has 1 unspecified atom stereocenters. The fourth-order valence-corrected chi connectivity index (χ4v) is 3.18. The first-order valence-corrected chi connectivity index (χ1v) is 8.35. The molecule has 3 rings (SSSR count).